The number of anilines is 1. The second-order valence-corrected chi connectivity index (χ2v) is 7.98. The third kappa shape index (κ3) is 4.55. The SMILES string of the molecule is NC(=O)CN1CCCC(Nc2nnc(-c3ncc(C(F)(F)F)cc3O)c3c2CCC3)C1. The van der Waals surface area contributed by atoms with Gasteiger partial charge < -0.3 is 16.2 Å². The molecule has 0 spiro atoms. The Bertz CT molecular complexity index is 998. The van der Waals surface area contributed by atoms with Crippen molar-refractivity contribution in [3.8, 4) is 17.1 Å². The Hall–Kier alpha value is -2.95. The van der Waals surface area contributed by atoms with E-state index in [1.165, 1.54) is 0 Å². The summed E-state index contributed by atoms with van der Waals surface area (Å²) in [7, 11) is 0. The number of aromatic nitrogens is 3. The molecule has 0 aromatic carbocycles. The smallest absolute Gasteiger partial charge is 0.418 e. The second kappa shape index (κ2) is 8.29. The van der Waals surface area contributed by atoms with Crippen LogP contribution in [0.2, 0.25) is 0 Å². The molecule has 0 saturated carbocycles. The molecule has 1 aliphatic heterocycles. The van der Waals surface area contributed by atoms with Crippen molar-refractivity contribution in [3.05, 3.63) is 29.0 Å². The Morgan fingerprint density at radius 2 is 2.00 bits per heavy atom. The number of nitrogens with two attached hydrogens (primary N) is 1. The quantitative estimate of drug-likeness (QED) is 0.657. The number of pyridine rings is 1. The Balaban J connectivity index is 1.59. The first kappa shape index (κ1) is 21.3. The summed E-state index contributed by atoms with van der Waals surface area (Å²) in [6.07, 6.45) is 0.210. The van der Waals surface area contributed by atoms with Gasteiger partial charge in [0.05, 0.1) is 12.1 Å². The van der Waals surface area contributed by atoms with E-state index in [-0.39, 0.29) is 24.2 Å². The van der Waals surface area contributed by atoms with E-state index < -0.39 is 17.5 Å². The molecule has 4 N–H and O–H groups in total. The number of amides is 1. The maximum atomic E-state index is 12.9. The fourth-order valence-corrected chi connectivity index (χ4v) is 4.31. The van der Waals surface area contributed by atoms with Crippen LogP contribution < -0.4 is 11.1 Å². The number of likely N-dealkylation sites (tertiary alicyclic amines) is 1. The number of alkyl halides is 3. The average molecular weight is 436 g/mol. The number of nitrogens with zero attached hydrogens (tertiary/aromatic N) is 4. The van der Waals surface area contributed by atoms with Crippen LogP contribution in [0, 0.1) is 0 Å². The van der Waals surface area contributed by atoms with E-state index in [1.54, 1.807) is 0 Å². The minimum Gasteiger partial charge on any atom is -0.506 e. The molecule has 166 valence electrons. The Labute approximate surface area is 176 Å². The van der Waals surface area contributed by atoms with Gasteiger partial charge in [-0.15, -0.1) is 10.2 Å². The van der Waals surface area contributed by atoms with Crippen LogP contribution in [0.25, 0.3) is 11.4 Å². The highest BCUT2D eigenvalue weighted by atomic mass is 19.4. The summed E-state index contributed by atoms with van der Waals surface area (Å²) in [6.45, 7) is 1.67. The number of carbonyl (C=O) groups excluding carboxylic acids is 1. The van der Waals surface area contributed by atoms with Crippen molar-refractivity contribution in [2.75, 3.05) is 25.0 Å². The number of primary amides is 1. The van der Waals surface area contributed by atoms with Crippen LogP contribution in [0.3, 0.4) is 0 Å². The largest absolute Gasteiger partial charge is 0.506 e. The zero-order chi connectivity index (χ0) is 22.2. The molecule has 3 heterocycles. The molecule has 1 aliphatic carbocycles. The lowest BCUT2D eigenvalue weighted by Crippen LogP contribution is -2.45. The predicted molar refractivity (Wildman–Crippen MR) is 106 cm³/mol. The normalized spacial score (nSPS) is 19.3. The third-order valence-corrected chi connectivity index (χ3v) is 5.68. The molecule has 1 amide bonds. The molecule has 0 bridgehead atoms. The molecular formula is C20H23F3N6O2. The first-order chi connectivity index (χ1) is 14.7. The Morgan fingerprint density at radius 3 is 2.71 bits per heavy atom. The van der Waals surface area contributed by atoms with Gasteiger partial charge in [-0.05, 0) is 50.3 Å². The summed E-state index contributed by atoms with van der Waals surface area (Å²) in [5, 5.41) is 22.1. The van der Waals surface area contributed by atoms with Gasteiger partial charge in [0.2, 0.25) is 5.91 Å². The van der Waals surface area contributed by atoms with E-state index in [1.807, 2.05) is 4.90 Å². The molecule has 2 aromatic rings. The molecule has 1 saturated heterocycles. The summed E-state index contributed by atoms with van der Waals surface area (Å²) in [4.78, 5) is 17.0. The minimum atomic E-state index is -4.59. The summed E-state index contributed by atoms with van der Waals surface area (Å²) in [6, 6.07) is 0.739. The van der Waals surface area contributed by atoms with Crippen LogP contribution in [0.1, 0.15) is 36.0 Å². The second-order valence-electron chi connectivity index (χ2n) is 7.98. The van der Waals surface area contributed by atoms with Gasteiger partial charge in [-0.25, -0.2) is 4.98 Å². The zero-order valence-corrected chi connectivity index (χ0v) is 16.7. The van der Waals surface area contributed by atoms with Crippen molar-refractivity contribution in [1.82, 2.24) is 20.1 Å². The van der Waals surface area contributed by atoms with E-state index in [9.17, 15) is 23.1 Å². The monoisotopic (exact) mass is 436 g/mol. The van der Waals surface area contributed by atoms with Crippen molar-refractivity contribution in [1.29, 1.82) is 0 Å². The van der Waals surface area contributed by atoms with Gasteiger partial charge in [0, 0.05) is 24.3 Å². The molecule has 11 heteroatoms. The van der Waals surface area contributed by atoms with E-state index in [0.29, 0.717) is 36.7 Å². The highest BCUT2D eigenvalue weighted by Gasteiger charge is 2.33. The number of nitrogens with one attached hydrogen (secondary N) is 1. The van der Waals surface area contributed by atoms with Gasteiger partial charge in [0.1, 0.15) is 17.1 Å². The number of aromatic hydroxyl groups is 1. The van der Waals surface area contributed by atoms with E-state index in [4.69, 9.17) is 5.73 Å². The molecule has 2 aliphatic rings. The Morgan fingerprint density at radius 1 is 1.23 bits per heavy atom. The minimum absolute atomic E-state index is 0.00417. The highest BCUT2D eigenvalue weighted by Crippen LogP contribution is 2.39. The number of hydrogen-bond acceptors (Lipinski definition) is 7. The zero-order valence-electron chi connectivity index (χ0n) is 16.7. The lowest BCUT2D eigenvalue weighted by Gasteiger charge is -2.32. The highest BCUT2D eigenvalue weighted by molar-refractivity contribution is 5.76. The first-order valence-electron chi connectivity index (χ1n) is 10.1. The summed E-state index contributed by atoms with van der Waals surface area (Å²) in [5.74, 6) is -0.309. The van der Waals surface area contributed by atoms with Crippen LogP contribution in [0.15, 0.2) is 12.3 Å². The van der Waals surface area contributed by atoms with Gasteiger partial charge in [0.15, 0.2) is 5.82 Å². The van der Waals surface area contributed by atoms with Gasteiger partial charge in [0.25, 0.3) is 0 Å². The fraction of sp³-hybridized carbons (Fsp3) is 0.500. The van der Waals surface area contributed by atoms with E-state index in [0.717, 1.165) is 43.4 Å². The third-order valence-electron chi connectivity index (χ3n) is 5.68. The number of halogens is 3. The van der Waals surface area contributed by atoms with Gasteiger partial charge in [-0.3, -0.25) is 9.69 Å². The number of fused-ring (bicyclic) bond motifs is 1. The molecule has 8 nitrogen and oxygen atoms in total. The first-order valence-corrected chi connectivity index (χ1v) is 10.1. The lowest BCUT2D eigenvalue weighted by molar-refractivity contribution is -0.138. The maximum Gasteiger partial charge on any atom is 0.418 e. The molecule has 1 fully saturated rings. The molecule has 0 radical (unpaired) electrons. The number of carbonyl (C=O) groups is 1. The molecule has 1 atom stereocenters. The summed E-state index contributed by atoms with van der Waals surface area (Å²) >= 11 is 0. The van der Waals surface area contributed by atoms with Crippen LogP contribution in [-0.4, -0.2) is 56.8 Å². The van der Waals surface area contributed by atoms with Crippen molar-refractivity contribution in [2.45, 2.75) is 44.3 Å². The number of hydrogen-bond donors (Lipinski definition) is 3. The topological polar surface area (TPSA) is 117 Å². The van der Waals surface area contributed by atoms with Crippen molar-refractivity contribution in [3.63, 3.8) is 0 Å². The van der Waals surface area contributed by atoms with Gasteiger partial charge in [-0.2, -0.15) is 13.2 Å². The van der Waals surface area contributed by atoms with Crippen molar-refractivity contribution in [2.24, 2.45) is 5.73 Å². The molecule has 2 aromatic heterocycles. The number of piperidine rings is 1. The Kier molecular flexibility index (Phi) is 5.69. The molecular weight excluding hydrogens is 413 g/mol. The van der Waals surface area contributed by atoms with Crippen molar-refractivity contribution < 1.29 is 23.1 Å². The predicted octanol–water partition coefficient (Wildman–Crippen LogP) is 2.11. The lowest BCUT2D eigenvalue weighted by atomic mass is 10.0. The standard InChI is InChI=1S/C20H23F3N6O2/c21-20(22,23)11-7-15(30)18(25-8-11)17-13-4-1-5-14(13)19(28-27-17)26-12-3-2-6-29(9-12)10-16(24)31/h7-8,12,30H,1-6,9-10H2,(H2,24,31)(H,26,28). The van der Waals surface area contributed by atoms with Gasteiger partial charge >= 0.3 is 6.18 Å². The molecule has 4 rings (SSSR count). The van der Waals surface area contributed by atoms with Crippen molar-refractivity contribution >= 4 is 11.7 Å². The average Bonchev–Trinajstić information content (AvgIpc) is 3.18. The van der Waals surface area contributed by atoms with Gasteiger partial charge in [-0.1, -0.05) is 0 Å². The maximum absolute atomic E-state index is 12.9. The van der Waals surface area contributed by atoms with E-state index >= 15 is 0 Å². The van der Waals surface area contributed by atoms with Crippen LogP contribution in [0.4, 0.5) is 19.0 Å². The summed E-state index contributed by atoms with van der Waals surface area (Å²) in [5.41, 5.74) is 6.37. The van der Waals surface area contributed by atoms with Crippen LogP contribution >= 0.6 is 0 Å². The number of rotatable bonds is 5. The molecule has 1 unspecified atom stereocenters. The van der Waals surface area contributed by atoms with Crippen LogP contribution in [0.5, 0.6) is 5.75 Å². The molecule has 31 heavy (non-hydrogen) atoms. The van der Waals surface area contributed by atoms with E-state index in [2.05, 4.69) is 20.5 Å². The summed E-state index contributed by atoms with van der Waals surface area (Å²) < 4.78 is 38.6. The fourth-order valence-electron chi connectivity index (χ4n) is 4.31. The van der Waals surface area contributed by atoms with Crippen LogP contribution in [-0.2, 0) is 23.8 Å².